The number of aromatic nitrogens is 2. The Labute approximate surface area is 157 Å². The van der Waals surface area contributed by atoms with Gasteiger partial charge in [0, 0.05) is 14.9 Å². The van der Waals surface area contributed by atoms with Crippen molar-refractivity contribution >= 4 is 43.5 Å². The Morgan fingerprint density at radius 1 is 1.36 bits per heavy atom. The number of esters is 1. The molecule has 3 aromatic rings. The highest BCUT2D eigenvalue weighted by atomic mass is 79.9. The Morgan fingerprint density at radius 2 is 2.04 bits per heavy atom. The van der Waals surface area contributed by atoms with E-state index in [2.05, 4.69) is 27.8 Å². The summed E-state index contributed by atoms with van der Waals surface area (Å²) in [5.74, 6) is -0.473. The highest BCUT2D eigenvalue weighted by molar-refractivity contribution is 9.10. The van der Waals surface area contributed by atoms with E-state index in [0.717, 1.165) is 26.9 Å². The molecule has 2 heterocycles. The predicted molar refractivity (Wildman–Crippen MR) is 103 cm³/mol. The number of halogens is 1. The normalized spacial score (nSPS) is 12.3. The van der Waals surface area contributed by atoms with Crippen LogP contribution in [0.15, 0.2) is 39.9 Å². The van der Waals surface area contributed by atoms with Crippen LogP contribution >= 0.6 is 27.3 Å². The van der Waals surface area contributed by atoms with E-state index in [1.807, 2.05) is 24.3 Å². The van der Waals surface area contributed by atoms with Gasteiger partial charge in [0.2, 0.25) is 0 Å². The highest BCUT2D eigenvalue weighted by Gasteiger charge is 2.22. The minimum Gasteiger partial charge on any atom is -0.467 e. The van der Waals surface area contributed by atoms with E-state index in [4.69, 9.17) is 4.74 Å². The topological polar surface area (TPSA) is 61.2 Å². The average molecular weight is 421 g/mol. The Balaban J connectivity index is 2.30. The molecule has 0 saturated heterocycles. The van der Waals surface area contributed by atoms with Crippen LogP contribution in [0.2, 0.25) is 0 Å². The lowest BCUT2D eigenvalue weighted by Gasteiger charge is -2.12. The number of carbonyl (C=O) groups is 1. The molecule has 25 heavy (non-hydrogen) atoms. The summed E-state index contributed by atoms with van der Waals surface area (Å²) in [7, 11) is 1.31. The Kier molecular flexibility index (Phi) is 5.06. The van der Waals surface area contributed by atoms with Gasteiger partial charge in [0.05, 0.1) is 18.8 Å². The van der Waals surface area contributed by atoms with Crippen LogP contribution in [0.4, 0.5) is 0 Å². The van der Waals surface area contributed by atoms with Gasteiger partial charge >= 0.3 is 5.97 Å². The number of carbonyl (C=O) groups excluding carboxylic acids is 1. The van der Waals surface area contributed by atoms with Gasteiger partial charge in [-0.3, -0.25) is 9.36 Å². The average Bonchev–Trinajstić information content (AvgIpc) is 3.01. The molecule has 5 nitrogen and oxygen atoms in total. The van der Waals surface area contributed by atoms with Crippen LogP contribution < -0.4 is 5.56 Å². The third-order valence-corrected chi connectivity index (χ3v) is 5.89. The van der Waals surface area contributed by atoms with Crippen molar-refractivity contribution < 1.29 is 9.53 Å². The molecule has 3 rings (SSSR count). The van der Waals surface area contributed by atoms with Crippen molar-refractivity contribution in [1.82, 2.24) is 9.55 Å². The second-order valence-electron chi connectivity index (χ2n) is 5.60. The molecular weight excluding hydrogens is 404 g/mol. The number of aryl methyl sites for hydroxylation is 1. The Bertz CT molecular complexity index is 992. The van der Waals surface area contributed by atoms with Crippen molar-refractivity contribution in [1.29, 1.82) is 0 Å². The lowest BCUT2D eigenvalue weighted by atomic mass is 10.0. The van der Waals surface area contributed by atoms with Gasteiger partial charge < -0.3 is 4.74 Å². The SMILES string of the molecule is CCc1sc2ncn(C(C)C(=O)OC)c(=O)c2c1-c1ccc(Br)cc1. The van der Waals surface area contributed by atoms with E-state index in [9.17, 15) is 9.59 Å². The molecule has 0 saturated carbocycles. The lowest BCUT2D eigenvalue weighted by Crippen LogP contribution is -2.29. The number of ether oxygens (including phenoxy) is 1. The molecule has 0 radical (unpaired) electrons. The summed E-state index contributed by atoms with van der Waals surface area (Å²) >= 11 is 4.96. The maximum Gasteiger partial charge on any atom is 0.328 e. The number of benzene rings is 1. The van der Waals surface area contributed by atoms with Gasteiger partial charge in [-0.1, -0.05) is 35.0 Å². The van der Waals surface area contributed by atoms with Crippen molar-refractivity contribution in [2.24, 2.45) is 0 Å². The summed E-state index contributed by atoms with van der Waals surface area (Å²) in [6.45, 7) is 3.69. The fraction of sp³-hybridized carbons (Fsp3) is 0.278. The molecular formula is C18H17BrN2O3S. The maximum absolute atomic E-state index is 13.1. The molecule has 130 valence electrons. The second kappa shape index (κ2) is 7.09. The van der Waals surface area contributed by atoms with E-state index >= 15 is 0 Å². The molecule has 0 bridgehead atoms. The molecule has 1 atom stereocenters. The van der Waals surface area contributed by atoms with Crippen LogP contribution in [0, 0.1) is 0 Å². The standard InChI is InChI=1S/C18H17BrN2O3S/c1-4-13-14(11-5-7-12(19)8-6-11)15-16(25-13)20-9-21(17(15)22)10(2)18(23)24-3/h5-10H,4H2,1-3H3. The van der Waals surface area contributed by atoms with Gasteiger partial charge in [-0.15, -0.1) is 11.3 Å². The van der Waals surface area contributed by atoms with Gasteiger partial charge in [-0.05, 0) is 31.0 Å². The summed E-state index contributed by atoms with van der Waals surface area (Å²) in [4.78, 5) is 31.1. The Hall–Kier alpha value is -1.99. The van der Waals surface area contributed by atoms with Crippen molar-refractivity contribution in [2.75, 3.05) is 7.11 Å². The number of methoxy groups -OCH3 is 1. The minimum absolute atomic E-state index is 0.225. The van der Waals surface area contributed by atoms with Crippen LogP contribution in [0.3, 0.4) is 0 Å². The molecule has 0 spiro atoms. The van der Waals surface area contributed by atoms with E-state index in [1.54, 1.807) is 6.92 Å². The van der Waals surface area contributed by atoms with Gasteiger partial charge in [-0.2, -0.15) is 0 Å². The first kappa shape index (κ1) is 17.8. The summed E-state index contributed by atoms with van der Waals surface area (Å²) in [5.41, 5.74) is 1.64. The lowest BCUT2D eigenvalue weighted by molar-refractivity contribution is -0.144. The van der Waals surface area contributed by atoms with Gasteiger partial charge in [0.1, 0.15) is 10.9 Å². The van der Waals surface area contributed by atoms with E-state index in [-0.39, 0.29) is 5.56 Å². The molecule has 0 fully saturated rings. The second-order valence-corrected chi connectivity index (χ2v) is 7.60. The first-order valence-corrected chi connectivity index (χ1v) is 9.45. The van der Waals surface area contributed by atoms with Crippen molar-refractivity contribution in [3.63, 3.8) is 0 Å². The fourth-order valence-corrected chi connectivity index (χ4v) is 4.14. The molecule has 0 aliphatic heterocycles. The molecule has 0 aliphatic carbocycles. The van der Waals surface area contributed by atoms with Crippen LogP contribution in [-0.4, -0.2) is 22.6 Å². The minimum atomic E-state index is -0.725. The van der Waals surface area contributed by atoms with Crippen LogP contribution in [-0.2, 0) is 16.0 Å². The molecule has 0 aliphatic rings. The first-order chi connectivity index (χ1) is 12.0. The highest BCUT2D eigenvalue weighted by Crippen LogP contribution is 2.37. The van der Waals surface area contributed by atoms with E-state index < -0.39 is 12.0 Å². The van der Waals surface area contributed by atoms with Crippen molar-refractivity contribution in [2.45, 2.75) is 26.3 Å². The van der Waals surface area contributed by atoms with E-state index in [0.29, 0.717) is 10.2 Å². The molecule has 0 amide bonds. The molecule has 0 N–H and O–H groups in total. The summed E-state index contributed by atoms with van der Waals surface area (Å²) < 4.78 is 7.07. The van der Waals surface area contributed by atoms with Crippen molar-refractivity contribution in [3.8, 4) is 11.1 Å². The van der Waals surface area contributed by atoms with Gasteiger partial charge in [0.25, 0.3) is 5.56 Å². The predicted octanol–water partition coefficient (Wildman–Crippen LogP) is 4.18. The van der Waals surface area contributed by atoms with Crippen LogP contribution in [0.25, 0.3) is 21.3 Å². The molecule has 2 aromatic heterocycles. The fourth-order valence-electron chi connectivity index (χ4n) is 2.78. The Morgan fingerprint density at radius 3 is 2.64 bits per heavy atom. The smallest absolute Gasteiger partial charge is 0.328 e. The summed E-state index contributed by atoms with van der Waals surface area (Å²) in [6.07, 6.45) is 2.23. The molecule has 7 heteroatoms. The monoisotopic (exact) mass is 420 g/mol. The molecule has 1 aromatic carbocycles. The van der Waals surface area contributed by atoms with Gasteiger partial charge in [0.15, 0.2) is 0 Å². The zero-order chi connectivity index (χ0) is 18.1. The van der Waals surface area contributed by atoms with Crippen LogP contribution in [0.1, 0.15) is 24.8 Å². The zero-order valence-corrected chi connectivity index (χ0v) is 16.5. The number of hydrogen-bond acceptors (Lipinski definition) is 5. The first-order valence-electron chi connectivity index (χ1n) is 7.84. The largest absolute Gasteiger partial charge is 0.467 e. The summed E-state index contributed by atoms with van der Waals surface area (Å²) in [6, 6.07) is 7.13. The number of hydrogen-bond donors (Lipinski definition) is 0. The van der Waals surface area contributed by atoms with Crippen molar-refractivity contribution in [3.05, 3.63) is 50.3 Å². The number of thiophene rings is 1. The van der Waals surface area contributed by atoms with Crippen LogP contribution in [0.5, 0.6) is 0 Å². The third kappa shape index (κ3) is 3.14. The summed E-state index contributed by atoms with van der Waals surface area (Å²) in [5, 5.41) is 0.558. The van der Waals surface area contributed by atoms with Gasteiger partial charge in [-0.25, -0.2) is 9.78 Å². The third-order valence-electron chi connectivity index (χ3n) is 4.12. The quantitative estimate of drug-likeness (QED) is 0.593. The number of rotatable bonds is 4. The van der Waals surface area contributed by atoms with E-state index in [1.165, 1.54) is 29.3 Å². The number of fused-ring (bicyclic) bond motifs is 1. The maximum atomic E-state index is 13.1. The number of nitrogens with zero attached hydrogens (tertiary/aromatic N) is 2. The zero-order valence-electron chi connectivity index (χ0n) is 14.1. The molecule has 1 unspecified atom stereocenters.